The predicted octanol–water partition coefficient (Wildman–Crippen LogP) is 2.80. The first-order chi connectivity index (χ1) is 12.5. The highest BCUT2D eigenvalue weighted by Gasteiger charge is 2.36. The number of nitrogens with zero attached hydrogens (tertiary/aromatic N) is 1. The lowest BCUT2D eigenvalue weighted by molar-refractivity contribution is -0.122. The van der Waals surface area contributed by atoms with Crippen molar-refractivity contribution in [1.82, 2.24) is 0 Å². The zero-order chi connectivity index (χ0) is 18.7. The van der Waals surface area contributed by atoms with Crippen LogP contribution < -0.4 is 14.4 Å². The summed E-state index contributed by atoms with van der Waals surface area (Å²) < 4.78 is 32.0. The van der Waals surface area contributed by atoms with Gasteiger partial charge in [-0.25, -0.2) is 8.42 Å². The highest BCUT2D eigenvalue weighted by atomic mass is 32.2. The van der Waals surface area contributed by atoms with E-state index in [2.05, 4.69) is 5.32 Å². The van der Waals surface area contributed by atoms with Crippen molar-refractivity contribution in [3.05, 3.63) is 54.1 Å². The summed E-state index contributed by atoms with van der Waals surface area (Å²) >= 11 is 0. The molecule has 26 heavy (non-hydrogen) atoms. The topological polar surface area (TPSA) is 75.7 Å². The van der Waals surface area contributed by atoms with Crippen LogP contribution in [0, 0.1) is 0 Å². The maximum atomic E-state index is 12.7. The lowest BCUT2D eigenvalue weighted by Crippen LogP contribution is -2.49. The molecule has 6 nitrogen and oxygen atoms in total. The van der Waals surface area contributed by atoms with Gasteiger partial charge in [-0.05, 0) is 37.1 Å². The molecule has 0 radical (unpaired) electrons. The number of benzene rings is 2. The molecule has 2 aromatic carbocycles. The van der Waals surface area contributed by atoms with Crippen LogP contribution in [-0.4, -0.2) is 32.7 Å². The van der Waals surface area contributed by atoms with E-state index < -0.39 is 16.1 Å². The van der Waals surface area contributed by atoms with Gasteiger partial charge >= 0.3 is 0 Å². The van der Waals surface area contributed by atoms with Crippen molar-refractivity contribution >= 4 is 27.3 Å². The third-order valence-corrected chi connectivity index (χ3v) is 6.13. The average Bonchev–Trinajstić information content (AvgIpc) is 2.67. The van der Waals surface area contributed by atoms with E-state index in [1.807, 2.05) is 31.2 Å². The van der Waals surface area contributed by atoms with Gasteiger partial charge in [0.05, 0.1) is 18.0 Å². The summed E-state index contributed by atoms with van der Waals surface area (Å²) in [5.74, 6) is -0.0228. The Morgan fingerprint density at radius 1 is 1.15 bits per heavy atom. The van der Waals surface area contributed by atoms with Crippen LogP contribution in [0.4, 0.5) is 11.4 Å². The molecule has 0 saturated carbocycles. The molecule has 0 spiro atoms. The highest BCUT2D eigenvalue weighted by Crippen LogP contribution is 2.35. The summed E-state index contributed by atoms with van der Waals surface area (Å²) in [6.07, 6.45) is -0.141. The van der Waals surface area contributed by atoms with Gasteiger partial charge in [-0.2, -0.15) is 0 Å². The first-order valence-corrected chi connectivity index (χ1v) is 10.2. The Kier molecular flexibility index (Phi) is 5.18. The molecule has 2 aromatic rings. The molecule has 1 heterocycles. The van der Waals surface area contributed by atoms with Crippen molar-refractivity contribution in [2.75, 3.05) is 21.9 Å². The van der Waals surface area contributed by atoms with Gasteiger partial charge in [0.2, 0.25) is 10.0 Å². The van der Waals surface area contributed by atoms with Crippen LogP contribution in [-0.2, 0) is 21.2 Å². The quantitative estimate of drug-likeness (QED) is 0.873. The number of sulfonamides is 1. The van der Waals surface area contributed by atoms with Crippen molar-refractivity contribution < 1.29 is 17.9 Å². The molecule has 1 aliphatic heterocycles. The number of carbonyl (C=O) groups excluding carboxylic acids is 1. The second kappa shape index (κ2) is 7.37. The van der Waals surface area contributed by atoms with E-state index in [9.17, 15) is 13.2 Å². The van der Waals surface area contributed by atoms with Crippen molar-refractivity contribution in [3.63, 3.8) is 0 Å². The minimum atomic E-state index is -3.51. The van der Waals surface area contributed by atoms with Gasteiger partial charge < -0.3 is 10.1 Å². The fourth-order valence-electron chi connectivity index (χ4n) is 2.92. The van der Waals surface area contributed by atoms with E-state index in [0.29, 0.717) is 17.1 Å². The lowest BCUT2D eigenvalue weighted by Gasteiger charge is -2.34. The summed E-state index contributed by atoms with van der Waals surface area (Å²) in [6.45, 7) is 3.54. The molecule has 0 bridgehead atoms. The first-order valence-electron chi connectivity index (χ1n) is 8.61. The third kappa shape index (κ3) is 3.53. The Bertz CT molecular complexity index is 911. The molecular formula is C19H22N2O4S. The smallest absolute Gasteiger partial charge is 0.267 e. The Hall–Kier alpha value is -2.54. The van der Waals surface area contributed by atoms with Crippen LogP contribution in [0.3, 0.4) is 0 Å². The van der Waals surface area contributed by atoms with E-state index >= 15 is 0 Å². The van der Waals surface area contributed by atoms with Crippen LogP contribution in [0.25, 0.3) is 0 Å². The standard InChI is InChI=1S/C19H22N2O4S/c1-3-14-9-5-6-10-15(14)20-19(22)18-13-21(26(23,24)4-2)16-11-7-8-12-17(16)25-18/h5-12,18H,3-4,13H2,1-2H3,(H,20,22). The van der Waals surface area contributed by atoms with Crippen molar-refractivity contribution in [2.45, 2.75) is 26.4 Å². The van der Waals surface area contributed by atoms with Crippen LogP contribution in [0.2, 0.25) is 0 Å². The SMILES string of the molecule is CCc1ccccc1NC(=O)C1CN(S(=O)(=O)CC)c2ccccc2O1. The number of hydrogen-bond acceptors (Lipinski definition) is 4. The van der Waals surface area contributed by atoms with Gasteiger partial charge in [0.1, 0.15) is 5.75 Å². The Morgan fingerprint density at radius 2 is 1.85 bits per heavy atom. The lowest BCUT2D eigenvalue weighted by atomic mass is 10.1. The molecule has 3 rings (SSSR count). The number of fused-ring (bicyclic) bond motifs is 1. The number of nitrogens with one attached hydrogen (secondary N) is 1. The number of amides is 1. The number of hydrogen-bond donors (Lipinski definition) is 1. The molecule has 1 N–H and O–H groups in total. The van der Waals surface area contributed by atoms with Gasteiger partial charge in [-0.3, -0.25) is 9.10 Å². The molecule has 0 saturated heterocycles. The first kappa shape index (κ1) is 18.3. The largest absolute Gasteiger partial charge is 0.476 e. The summed E-state index contributed by atoms with van der Waals surface area (Å²) in [5, 5.41) is 2.87. The minimum Gasteiger partial charge on any atom is -0.476 e. The van der Waals surface area contributed by atoms with Gasteiger partial charge in [-0.1, -0.05) is 37.3 Å². The number of ether oxygens (including phenoxy) is 1. The monoisotopic (exact) mass is 374 g/mol. The second-order valence-corrected chi connectivity index (χ2v) is 8.19. The molecule has 1 amide bonds. The van der Waals surface area contributed by atoms with Crippen LogP contribution in [0.15, 0.2) is 48.5 Å². The van der Waals surface area contributed by atoms with Crippen LogP contribution in [0.5, 0.6) is 5.75 Å². The molecule has 0 aromatic heterocycles. The number of para-hydroxylation sites is 3. The predicted molar refractivity (Wildman–Crippen MR) is 102 cm³/mol. The Balaban J connectivity index is 1.89. The molecule has 1 atom stereocenters. The number of anilines is 2. The summed E-state index contributed by atoms with van der Waals surface area (Å²) in [4.78, 5) is 12.7. The Morgan fingerprint density at radius 3 is 2.58 bits per heavy atom. The highest BCUT2D eigenvalue weighted by molar-refractivity contribution is 7.92. The van der Waals surface area contributed by atoms with E-state index in [-0.39, 0.29) is 18.2 Å². The van der Waals surface area contributed by atoms with Gasteiger partial charge in [-0.15, -0.1) is 0 Å². The fourth-order valence-corrected chi connectivity index (χ4v) is 4.05. The number of aryl methyl sites for hydroxylation is 1. The number of rotatable bonds is 5. The molecule has 0 fully saturated rings. The van der Waals surface area contributed by atoms with E-state index in [1.54, 1.807) is 31.2 Å². The van der Waals surface area contributed by atoms with E-state index in [1.165, 1.54) is 4.31 Å². The van der Waals surface area contributed by atoms with Gasteiger partial charge in [0, 0.05) is 5.69 Å². The molecule has 138 valence electrons. The van der Waals surface area contributed by atoms with E-state index in [4.69, 9.17) is 4.74 Å². The van der Waals surface area contributed by atoms with Crippen LogP contribution in [0.1, 0.15) is 19.4 Å². The molecule has 7 heteroatoms. The average molecular weight is 374 g/mol. The third-order valence-electron chi connectivity index (χ3n) is 4.38. The normalized spacial score (nSPS) is 16.5. The maximum Gasteiger partial charge on any atom is 0.267 e. The number of carbonyl (C=O) groups is 1. The zero-order valence-corrected chi connectivity index (χ0v) is 15.6. The minimum absolute atomic E-state index is 0.0473. The molecular weight excluding hydrogens is 352 g/mol. The van der Waals surface area contributed by atoms with Gasteiger partial charge in [0.15, 0.2) is 6.10 Å². The second-order valence-electron chi connectivity index (χ2n) is 6.01. The van der Waals surface area contributed by atoms with Crippen molar-refractivity contribution in [3.8, 4) is 5.75 Å². The molecule has 0 aliphatic carbocycles. The maximum absolute atomic E-state index is 12.7. The zero-order valence-electron chi connectivity index (χ0n) is 14.8. The summed E-state index contributed by atoms with van der Waals surface area (Å²) in [6, 6.07) is 14.4. The van der Waals surface area contributed by atoms with E-state index in [0.717, 1.165) is 12.0 Å². The Labute approximate surface area is 153 Å². The van der Waals surface area contributed by atoms with Crippen molar-refractivity contribution in [1.29, 1.82) is 0 Å². The van der Waals surface area contributed by atoms with Crippen LogP contribution >= 0.6 is 0 Å². The van der Waals surface area contributed by atoms with Gasteiger partial charge in [0.25, 0.3) is 5.91 Å². The molecule has 1 unspecified atom stereocenters. The summed E-state index contributed by atoms with van der Waals surface area (Å²) in [5.41, 5.74) is 2.19. The molecule has 1 aliphatic rings. The van der Waals surface area contributed by atoms with Crippen molar-refractivity contribution in [2.24, 2.45) is 0 Å². The fraction of sp³-hybridized carbons (Fsp3) is 0.316. The summed E-state index contributed by atoms with van der Waals surface area (Å²) in [7, 11) is -3.51.